The number of nitrogens with zero attached hydrogens (tertiary/aromatic N) is 1. The number of carbonyl (C=O) groups excluding carboxylic acids is 1. The van der Waals surface area contributed by atoms with E-state index in [0.29, 0.717) is 0 Å². The molecular weight excluding hydrogens is 164 g/mol. The van der Waals surface area contributed by atoms with Crippen molar-refractivity contribution in [2.75, 3.05) is 19.6 Å². The molecule has 0 aliphatic rings. The first-order chi connectivity index (χ1) is 6.20. The van der Waals surface area contributed by atoms with E-state index in [4.69, 9.17) is 5.73 Å². The van der Waals surface area contributed by atoms with Crippen molar-refractivity contribution in [3.05, 3.63) is 12.2 Å². The number of hydrogen-bond donors (Lipinski definition) is 1. The summed E-state index contributed by atoms with van der Waals surface area (Å²) >= 11 is 0. The molecule has 0 rings (SSSR count). The van der Waals surface area contributed by atoms with Gasteiger partial charge in [0.1, 0.15) is 0 Å². The number of hydrogen-bond acceptors (Lipinski definition) is 2. The van der Waals surface area contributed by atoms with Crippen LogP contribution in [0.2, 0.25) is 0 Å². The maximum absolute atomic E-state index is 10.3. The Balaban J connectivity index is 3.39. The number of unbranched alkanes of at least 4 members (excludes halogenated alkanes) is 1. The molecule has 0 heterocycles. The first-order valence-corrected chi connectivity index (χ1v) is 4.89. The number of amides is 1. The van der Waals surface area contributed by atoms with E-state index in [1.54, 1.807) is 0 Å². The second kappa shape index (κ2) is 7.80. The SMILES string of the molecule is CCN(CC)CCCC=CC(N)=O. The van der Waals surface area contributed by atoms with Crippen molar-refractivity contribution in [2.24, 2.45) is 5.73 Å². The van der Waals surface area contributed by atoms with Gasteiger partial charge in [0.05, 0.1) is 0 Å². The Kier molecular flexibility index (Phi) is 7.30. The van der Waals surface area contributed by atoms with E-state index in [0.717, 1.165) is 32.5 Å². The lowest BCUT2D eigenvalue weighted by Gasteiger charge is -2.16. The molecule has 0 radical (unpaired) electrons. The highest BCUT2D eigenvalue weighted by Gasteiger charge is 1.96. The highest BCUT2D eigenvalue weighted by molar-refractivity contribution is 5.85. The molecular formula is C10H20N2O. The minimum absolute atomic E-state index is 0.358. The van der Waals surface area contributed by atoms with Crippen molar-refractivity contribution >= 4 is 5.91 Å². The van der Waals surface area contributed by atoms with Crippen LogP contribution >= 0.6 is 0 Å². The predicted octanol–water partition coefficient (Wildman–Crippen LogP) is 1.15. The molecule has 0 atom stereocenters. The fourth-order valence-corrected chi connectivity index (χ4v) is 1.17. The van der Waals surface area contributed by atoms with E-state index in [9.17, 15) is 4.79 Å². The molecule has 0 saturated heterocycles. The summed E-state index contributed by atoms with van der Waals surface area (Å²) in [6.45, 7) is 7.59. The van der Waals surface area contributed by atoms with Gasteiger partial charge in [-0.1, -0.05) is 19.9 Å². The average Bonchev–Trinajstić information content (AvgIpc) is 2.11. The molecule has 0 spiro atoms. The molecule has 0 fully saturated rings. The number of allylic oxidation sites excluding steroid dienone is 1. The molecule has 0 aromatic rings. The molecule has 2 N–H and O–H groups in total. The average molecular weight is 184 g/mol. The lowest BCUT2D eigenvalue weighted by molar-refractivity contribution is -0.113. The molecule has 0 bridgehead atoms. The van der Waals surface area contributed by atoms with Gasteiger partial charge < -0.3 is 10.6 Å². The smallest absolute Gasteiger partial charge is 0.241 e. The number of primary amides is 1. The monoisotopic (exact) mass is 184 g/mol. The summed E-state index contributed by atoms with van der Waals surface area (Å²) in [6, 6.07) is 0. The second-order valence-electron chi connectivity index (χ2n) is 2.97. The minimum Gasteiger partial charge on any atom is -0.366 e. The third kappa shape index (κ3) is 7.53. The van der Waals surface area contributed by atoms with Gasteiger partial charge in [-0.2, -0.15) is 0 Å². The first-order valence-electron chi connectivity index (χ1n) is 4.89. The van der Waals surface area contributed by atoms with Crippen LogP contribution in [0.25, 0.3) is 0 Å². The lowest BCUT2D eigenvalue weighted by Crippen LogP contribution is -2.23. The Morgan fingerprint density at radius 1 is 1.38 bits per heavy atom. The Labute approximate surface area is 80.6 Å². The summed E-state index contributed by atoms with van der Waals surface area (Å²) in [5.41, 5.74) is 4.95. The Bertz CT molecular complexity index is 162. The molecule has 1 amide bonds. The normalized spacial score (nSPS) is 11.3. The molecule has 0 saturated carbocycles. The van der Waals surface area contributed by atoms with Crippen molar-refractivity contribution in [3.63, 3.8) is 0 Å². The maximum atomic E-state index is 10.3. The molecule has 76 valence electrons. The third-order valence-corrected chi connectivity index (χ3v) is 2.02. The van der Waals surface area contributed by atoms with Crippen LogP contribution in [0, 0.1) is 0 Å². The standard InChI is InChI=1S/C10H20N2O/c1-3-12(4-2)9-7-5-6-8-10(11)13/h6,8H,3-5,7,9H2,1-2H3,(H2,11,13). The third-order valence-electron chi connectivity index (χ3n) is 2.02. The van der Waals surface area contributed by atoms with Crippen LogP contribution in [-0.2, 0) is 4.79 Å². The number of rotatable bonds is 7. The Morgan fingerprint density at radius 2 is 2.00 bits per heavy atom. The largest absolute Gasteiger partial charge is 0.366 e. The van der Waals surface area contributed by atoms with E-state index < -0.39 is 0 Å². The minimum atomic E-state index is -0.358. The molecule has 13 heavy (non-hydrogen) atoms. The van der Waals surface area contributed by atoms with Gasteiger partial charge in [-0.3, -0.25) is 4.79 Å². The van der Waals surface area contributed by atoms with Crippen LogP contribution in [0.3, 0.4) is 0 Å². The number of nitrogens with two attached hydrogens (primary N) is 1. The predicted molar refractivity (Wildman–Crippen MR) is 55.4 cm³/mol. The first kappa shape index (κ1) is 12.2. The summed E-state index contributed by atoms with van der Waals surface area (Å²) in [7, 11) is 0. The van der Waals surface area contributed by atoms with Crippen LogP contribution < -0.4 is 5.73 Å². The van der Waals surface area contributed by atoms with Gasteiger partial charge >= 0.3 is 0 Å². The topological polar surface area (TPSA) is 46.3 Å². The van der Waals surface area contributed by atoms with Crippen molar-refractivity contribution in [1.82, 2.24) is 4.90 Å². The van der Waals surface area contributed by atoms with Crippen LogP contribution in [0.1, 0.15) is 26.7 Å². The van der Waals surface area contributed by atoms with Gasteiger partial charge in [-0.15, -0.1) is 0 Å². The van der Waals surface area contributed by atoms with E-state index in [2.05, 4.69) is 18.7 Å². The lowest BCUT2D eigenvalue weighted by atomic mass is 10.2. The highest BCUT2D eigenvalue weighted by atomic mass is 16.1. The zero-order valence-electron chi connectivity index (χ0n) is 8.62. The zero-order chi connectivity index (χ0) is 10.1. The Morgan fingerprint density at radius 3 is 2.46 bits per heavy atom. The van der Waals surface area contributed by atoms with Crippen molar-refractivity contribution in [2.45, 2.75) is 26.7 Å². The highest BCUT2D eigenvalue weighted by Crippen LogP contribution is 1.95. The molecule has 3 heteroatoms. The van der Waals surface area contributed by atoms with Gasteiger partial charge in [0, 0.05) is 0 Å². The summed E-state index contributed by atoms with van der Waals surface area (Å²) < 4.78 is 0. The van der Waals surface area contributed by atoms with E-state index in [1.165, 1.54) is 6.08 Å². The summed E-state index contributed by atoms with van der Waals surface area (Å²) in [5, 5.41) is 0. The van der Waals surface area contributed by atoms with Crippen LogP contribution in [-0.4, -0.2) is 30.4 Å². The second-order valence-corrected chi connectivity index (χ2v) is 2.97. The van der Waals surface area contributed by atoms with Crippen molar-refractivity contribution in [1.29, 1.82) is 0 Å². The van der Waals surface area contributed by atoms with Gasteiger partial charge in [-0.05, 0) is 38.6 Å². The summed E-state index contributed by atoms with van der Waals surface area (Å²) in [5.74, 6) is -0.358. The fourth-order valence-electron chi connectivity index (χ4n) is 1.17. The van der Waals surface area contributed by atoms with Gasteiger partial charge in [-0.25, -0.2) is 0 Å². The van der Waals surface area contributed by atoms with Crippen molar-refractivity contribution < 1.29 is 4.79 Å². The molecule has 3 nitrogen and oxygen atoms in total. The molecule has 0 aromatic heterocycles. The number of carbonyl (C=O) groups is 1. The molecule has 0 aliphatic heterocycles. The van der Waals surface area contributed by atoms with Crippen LogP contribution in [0.5, 0.6) is 0 Å². The maximum Gasteiger partial charge on any atom is 0.241 e. The van der Waals surface area contributed by atoms with E-state index in [1.807, 2.05) is 6.08 Å². The summed E-state index contributed by atoms with van der Waals surface area (Å²) in [6.07, 6.45) is 5.29. The van der Waals surface area contributed by atoms with Gasteiger partial charge in [0.2, 0.25) is 5.91 Å². The molecule has 0 aliphatic carbocycles. The van der Waals surface area contributed by atoms with Gasteiger partial charge in [0.15, 0.2) is 0 Å². The van der Waals surface area contributed by atoms with E-state index in [-0.39, 0.29) is 5.91 Å². The Hall–Kier alpha value is -0.830. The fraction of sp³-hybridized carbons (Fsp3) is 0.700. The van der Waals surface area contributed by atoms with E-state index >= 15 is 0 Å². The van der Waals surface area contributed by atoms with Crippen molar-refractivity contribution in [3.8, 4) is 0 Å². The van der Waals surface area contributed by atoms with Crippen LogP contribution in [0.4, 0.5) is 0 Å². The molecule has 0 unspecified atom stereocenters. The van der Waals surface area contributed by atoms with Gasteiger partial charge in [0.25, 0.3) is 0 Å². The van der Waals surface area contributed by atoms with Crippen LogP contribution in [0.15, 0.2) is 12.2 Å². The zero-order valence-corrected chi connectivity index (χ0v) is 8.62. The molecule has 0 aromatic carbocycles. The quantitative estimate of drug-likeness (QED) is 0.476. The summed E-state index contributed by atoms with van der Waals surface area (Å²) in [4.78, 5) is 12.7.